The van der Waals surface area contributed by atoms with Crippen molar-refractivity contribution in [3.8, 4) is 0 Å². The average molecular weight is 339 g/mol. The molecule has 1 aliphatic heterocycles. The zero-order valence-corrected chi connectivity index (χ0v) is 13.3. The Hall–Kier alpha value is -2.38. The van der Waals surface area contributed by atoms with Gasteiger partial charge >= 0.3 is 0 Å². The first-order valence-electron chi connectivity index (χ1n) is 7.53. The predicted octanol–water partition coefficient (Wildman–Crippen LogP) is 2.51. The molecule has 0 bridgehead atoms. The first kappa shape index (κ1) is 16.5. The number of nitrogens with zero attached hydrogens (tertiary/aromatic N) is 3. The molecule has 5 nitrogen and oxygen atoms in total. The Bertz CT molecular complexity index is 882. The van der Waals surface area contributed by atoms with Crippen molar-refractivity contribution < 1.29 is 18.0 Å². The van der Waals surface area contributed by atoms with E-state index in [1.807, 2.05) is 0 Å². The molecular formula is C16H16F3N3O2. The topological polar surface area (TPSA) is 55.2 Å². The van der Waals surface area contributed by atoms with Crippen molar-refractivity contribution in [1.82, 2.24) is 9.55 Å². The standard InChI is InChI=1S/C16H16F3N3O2/c1-9(23)11-7-10(17)8-12-13(11)20-15(21(2)14(12)24)22-5-3-16(18,19)4-6-22/h7-8H,3-6H2,1-2H3. The number of hydrogen-bond acceptors (Lipinski definition) is 4. The Kier molecular flexibility index (Phi) is 3.85. The quantitative estimate of drug-likeness (QED) is 0.789. The SMILES string of the molecule is CC(=O)c1cc(F)cc2c(=O)n(C)c(N3CCC(F)(F)CC3)nc12. The van der Waals surface area contributed by atoms with Crippen LogP contribution in [0.15, 0.2) is 16.9 Å². The Morgan fingerprint density at radius 2 is 1.88 bits per heavy atom. The van der Waals surface area contributed by atoms with Crippen LogP contribution in [0.25, 0.3) is 10.9 Å². The minimum Gasteiger partial charge on any atom is -0.342 e. The number of carbonyl (C=O) groups excluding carboxylic acids is 1. The maximum Gasteiger partial charge on any atom is 0.262 e. The maximum atomic E-state index is 13.7. The predicted molar refractivity (Wildman–Crippen MR) is 83.3 cm³/mol. The molecule has 2 heterocycles. The highest BCUT2D eigenvalue weighted by Gasteiger charge is 2.35. The molecule has 0 amide bonds. The fraction of sp³-hybridized carbons (Fsp3) is 0.438. The van der Waals surface area contributed by atoms with Gasteiger partial charge in [-0.1, -0.05) is 0 Å². The number of rotatable bonds is 2. The number of piperidine rings is 1. The first-order valence-corrected chi connectivity index (χ1v) is 7.53. The van der Waals surface area contributed by atoms with Crippen molar-refractivity contribution in [2.75, 3.05) is 18.0 Å². The number of aromatic nitrogens is 2. The number of carbonyl (C=O) groups is 1. The van der Waals surface area contributed by atoms with Crippen LogP contribution in [-0.4, -0.2) is 34.3 Å². The molecule has 1 aliphatic rings. The summed E-state index contributed by atoms with van der Waals surface area (Å²) < 4.78 is 41.6. The smallest absolute Gasteiger partial charge is 0.262 e. The van der Waals surface area contributed by atoms with Gasteiger partial charge in [-0.15, -0.1) is 0 Å². The second-order valence-corrected chi connectivity index (χ2v) is 6.02. The Labute approximate surface area is 135 Å². The van der Waals surface area contributed by atoms with E-state index in [2.05, 4.69) is 4.98 Å². The van der Waals surface area contributed by atoms with E-state index in [4.69, 9.17) is 0 Å². The summed E-state index contributed by atoms with van der Waals surface area (Å²) in [5.74, 6) is -3.63. The molecule has 128 valence electrons. The zero-order chi connectivity index (χ0) is 17.6. The van der Waals surface area contributed by atoms with Gasteiger partial charge in [-0.3, -0.25) is 14.2 Å². The normalized spacial score (nSPS) is 17.3. The number of hydrogen-bond donors (Lipinski definition) is 0. The minimum atomic E-state index is -2.72. The van der Waals surface area contributed by atoms with E-state index in [0.29, 0.717) is 0 Å². The molecule has 2 aromatic rings. The highest BCUT2D eigenvalue weighted by Crippen LogP contribution is 2.30. The third-order valence-electron chi connectivity index (χ3n) is 4.28. The molecule has 0 unspecified atom stereocenters. The summed E-state index contributed by atoms with van der Waals surface area (Å²) in [6.07, 6.45) is -0.659. The van der Waals surface area contributed by atoms with Crippen LogP contribution in [0.5, 0.6) is 0 Å². The molecule has 24 heavy (non-hydrogen) atoms. The molecule has 0 spiro atoms. The van der Waals surface area contributed by atoms with E-state index in [-0.39, 0.29) is 48.3 Å². The van der Waals surface area contributed by atoms with Gasteiger partial charge in [0.25, 0.3) is 11.5 Å². The second-order valence-electron chi connectivity index (χ2n) is 6.02. The third-order valence-corrected chi connectivity index (χ3v) is 4.28. The number of Topliss-reactive ketones (excluding diaryl/α,β-unsaturated/α-hetero) is 1. The van der Waals surface area contributed by atoms with Crippen molar-refractivity contribution in [3.63, 3.8) is 0 Å². The fourth-order valence-electron chi connectivity index (χ4n) is 2.91. The molecule has 1 aromatic heterocycles. The highest BCUT2D eigenvalue weighted by molar-refractivity contribution is 6.05. The average Bonchev–Trinajstić information content (AvgIpc) is 2.51. The van der Waals surface area contributed by atoms with Crippen molar-refractivity contribution in [2.24, 2.45) is 7.05 Å². The van der Waals surface area contributed by atoms with E-state index < -0.39 is 23.1 Å². The van der Waals surface area contributed by atoms with Crippen LogP contribution in [0.4, 0.5) is 19.1 Å². The van der Waals surface area contributed by atoms with Gasteiger partial charge in [0.05, 0.1) is 10.9 Å². The number of ketones is 1. The van der Waals surface area contributed by atoms with Gasteiger partial charge in [0.1, 0.15) is 5.82 Å². The van der Waals surface area contributed by atoms with Crippen LogP contribution >= 0.6 is 0 Å². The molecule has 0 radical (unpaired) electrons. The van der Waals surface area contributed by atoms with Crippen LogP contribution in [0.3, 0.4) is 0 Å². The largest absolute Gasteiger partial charge is 0.342 e. The molecule has 1 fully saturated rings. The summed E-state index contributed by atoms with van der Waals surface area (Å²) in [6, 6.07) is 2.07. The van der Waals surface area contributed by atoms with Crippen molar-refractivity contribution >= 4 is 22.6 Å². The van der Waals surface area contributed by atoms with E-state index in [0.717, 1.165) is 12.1 Å². The van der Waals surface area contributed by atoms with Crippen molar-refractivity contribution in [3.05, 3.63) is 33.9 Å². The van der Waals surface area contributed by atoms with E-state index in [1.165, 1.54) is 18.5 Å². The lowest BCUT2D eigenvalue weighted by Gasteiger charge is -2.33. The third kappa shape index (κ3) is 2.76. The van der Waals surface area contributed by atoms with Crippen molar-refractivity contribution in [2.45, 2.75) is 25.7 Å². The molecule has 8 heteroatoms. The van der Waals surface area contributed by atoms with Gasteiger partial charge in [0.15, 0.2) is 5.78 Å². The number of benzene rings is 1. The monoisotopic (exact) mass is 339 g/mol. The molecular weight excluding hydrogens is 323 g/mol. The molecule has 1 aromatic carbocycles. The summed E-state index contributed by atoms with van der Waals surface area (Å²) in [4.78, 5) is 30.2. The Balaban J connectivity index is 2.18. The molecule has 3 rings (SSSR count). The summed E-state index contributed by atoms with van der Waals surface area (Å²) in [7, 11) is 1.45. The minimum absolute atomic E-state index is 0.00575. The Morgan fingerprint density at radius 1 is 1.25 bits per heavy atom. The van der Waals surface area contributed by atoms with Crippen molar-refractivity contribution in [1.29, 1.82) is 0 Å². The number of halogens is 3. The second kappa shape index (κ2) is 5.61. The van der Waals surface area contributed by atoms with Crippen LogP contribution < -0.4 is 10.5 Å². The number of anilines is 1. The molecule has 0 aliphatic carbocycles. The van der Waals surface area contributed by atoms with E-state index in [1.54, 1.807) is 4.90 Å². The van der Waals surface area contributed by atoms with E-state index in [9.17, 15) is 22.8 Å². The van der Waals surface area contributed by atoms with Gasteiger partial charge in [0.2, 0.25) is 5.95 Å². The van der Waals surface area contributed by atoms with Crippen LogP contribution in [0, 0.1) is 5.82 Å². The zero-order valence-electron chi connectivity index (χ0n) is 13.3. The van der Waals surface area contributed by atoms with Crippen LogP contribution in [-0.2, 0) is 7.05 Å². The molecule has 1 saturated heterocycles. The fourth-order valence-corrected chi connectivity index (χ4v) is 2.91. The summed E-state index contributed by atoms with van der Waals surface area (Å²) in [5, 5.41) is -0.00575. The summed E-state index contributed by atoms with van der Waals surface area (Å²) in [5.41, 5.74) is -0.417. The highest BCUT2D eigenvalue weighted by atomic mass is 19.3. The van der Waals surface area contributed by atoms with Gasteiger partial charge in [-0.05, 0) is 19.1 Å². The lowest BCUT2D eigenvalue weighted by atomic mass is 10.1. The van der Waals surface area contributed by atoms with Gasteiger partial charge in [0, 0.05) is 38.5 Å². The number of fused-ring (bicyclic) bond motifs is 1. The molecule has 0 atom stereocenters. The first-order chi connectivity index (χ1) is 11.2. The van der Waals surface area contributed by atoms with Gasteiger partial charge in [-0.2, -0.15) is 0 Å². The maximum absolute atomic E-state index is 13.7. The van der Waals surface area contributed by atoms with Crippen LogP contribution in [0.1, 0.15) is 30.1 Å². The summed E-state index contributed by atoms with van der Waals surface area (Å²) >= 11 is 0. The van der Waals surface area contributed by atoms with Gasteiger partial charge in [-0.25, -0.2) is 18.2 Å². The summed E-state index contributed by atoms with van der Waals surface area (Å²) in [6.45, 7) is 1.36. The Morgan fingerprint density at radius 3 is 2.46 bits per heavy atom. The lowest BCUT2D eigenvalue weighted by Crippen LogP contribution is -2.42. The van der Waals surface area contributed by atoms with Crippen LogP contribution in [0.2, 0.25) is 0 Å². The number of alkyl halides is 2. The lowest BCUT2D eigenvalue weighted by molar-refractivity contribution is -0.0223. The molecule has 0 saturated carbocycles. The van der Waals surface area contributed by atoms with Gasteiger partial charge < -0.3 is 4.90 Å². The van der Waals surface area contributed by atoms with E-state index >= 15 is 0 Å². The molecule has 0 N–H and O–H groups in total.